The largest absolute Gasteiger partial charge is 0.533 e. The van der Waals surface area contributed by atoms with E-state index >= 15 is 0 Å². The molecular formula is C59H146N10O14Si6. The van der Waals surface area contributed by atoms with Gasteiger partial charge in [0.05, 0.1) is 0 Å². The third kappa shape index (κ3) is 40.0. The highest BCUT2D eigenvalue weighted by atomic mass is 28.4. The Bertz CT molecular complexity index is 1530. The van der Waals surface area contributed by atoms with Crippen LogP contribution in [0.3, 0.4) is 0 Å². The fourth-order valence-corrected chi connectivity index (χ4v) is 23.5. The van der Waals surface area contributed by atoms with E-state index in [0.717, 1.165) is 134 Å². The summed E-state index contributed by atoms with van der Waals surface area (Å²) < 4.78 is 80.8. The number of rotatable bonds is 46. The van der Waals surface area contributed by atoms with Gasteiger partial charge in [-0.15, -0.1) is 0 Å². The first-order chi connectivity index (χ1) is 42.0. The summed E-state index contributed by atoms with van der Waals surface area (Å²) in [5, 5.41) is 0. The first kappa shape index (κ1) is 93.5. The van der Waals surface area contributed by atoms with Gasteiger partial charge in [-0.1, -0.05) is 33.5 Å². The molecule has 0 atom stereocenters. The number of hydrogen-bond acceptors (Lipinski definition) is 24. The summed E-state index contributed by atoms with van der Waals surface area (Å²) in [5.41, 5.74) is 0. The van der Waals surface area contributed by atoms with Crippen molar-refractivity contribution in [2.75, 3.05) is 280 Å². The van der Waals surface area contributed by atoms with Crippen molar-refractivity contribution >= 4 is 52.0 Å². The van der Waals surface area contributed by atoms with Gasteiger partial charge in [-0.05, 0) is 168 Å². The van der Waals surface area contributed by atoms with Gasteiger partial charge >= 0.3 is 43.8 Å². The lowest BCUT2D eigenvalue weighted by Crippen LogP contribution is -2.63. The molecule has 0 spiro atoms. The summed E-state index contributed by atoms with van der Waals surface area (Å²) in [4.78, 5) is 20.7. The predicted molar refractivity (Wildman–Crippen MR) is 382 cm³/mol. The normalized spacial score (nSPS) is 15.7. The standard InChI is InChI=1S/C15H38N2O3Si2.C14H32N2O3Si.C12H30N2O2Si.C10H26N2O3Si.C8H20N2O3Si/c1-9-16(13-14-17(10-2)21(6,7)8)12-11-15-22(18-3,19-4)20-5;1-5-17-20(18-6-2,19-7-3)14-8-9-16-12-10-15(4)11-13-16;1-13(2)9-7-11-17(15-5,16-6)12-8-10-14(3)4;1-11(2)7-8-12(3)9-10-16(13-4,14-5)15-6;1-9-6-7-10(2)8(9)14(11-3,12-4)13-5/h9-15H2,1-8H3;5-14H2,1-4H3;7-12H2,1-6H3;7-10H2,1-6H3;8H,6-7H2,1-5H3. The Morgan fingerprint density at radius 2 is 0.787 bits per heavy atom. The molecule has 30 heteroatoms. The van der Waals surface area contributed by atoms with Crippen molar-refractivity contribution in [3.8, 4) is 0 Å². The maximum atomic E-state index is 5.88. The van der Waals surface area contributed by atoms with Gasteiger partial charge < -0.3 is 101 Å². The van der Waals surface area contributed by atoms with E-state index < -0.39 is 52.0 Å². The van der Waals surface area contributed by atoms with E-state index in [1.54, 1.807) is 78.2 Å². The topological polar surface area (TPSA) is 162 Å². The molecule has 0 bridgehead atoms. The second-order valence-corrected chi connectivity index (χ2v) is 45.1. The van der Waals surface area contributed by atoms with E-state index in [9.17, 15) is 0 Å². The maximum absolute atomic E-state index is 5.88. The molecule has 2 heterocycles. The lowest BCUT2D eigenvalue weighted by atomic mass is 10.3. The lowest BCUT2D eigenvalue weighted by molar-refractivity contribution is 0.0618. The molecule has 2 fully saturated rings. The molecule has 2 saturated heterocycles. The minimum Gasteiger partial charge on any atom is -0.398 e. The molecule has 0 aromatic carbocycles. The van der Waals surface area contributed by atoms with Crippen molar-refractivity contribution in [1.82, 2.24) is 48.7 Å². The minimum absolute atomic E-state index is 0.127. The molecule has 2 aliphatic heterocycles. The van der Waals surface area contributed by atoms with Crippen LogP contribution < -0.4 is 0 Å². The minimum atomic E-state index is -2.56. The molecule has 2 aliphatic rings. The van der Waals surface area contributed by atoms with E-state index in [0.29, 0.717) is 19.8 Å². The van der Waals surface area contributed by atoms with Gasteiger partial charge in [0.25, 0.3) is 0 Å². The summed E-state index contributed by atoms with van der Waals surface area (Å²) in [7, 11) is 26.7. The highest BCUT2D eigenvalue weighted by molar-refractivity contribution is 6.73. The van der Waals surface area contributed by atoms with Crippen LogP contribution in [-0.4, -0.2) is 386 Å². The van der Waals surface area contributed by atoms with E-state index in [4.69, 9.17) is 62.0 Å². The fraction of sp³-hybridized carbons (Fsp3) is 1.00. The van der Waals surface area contributed by atoms with Crippen LogP contribution in [0.1, 0.15) is 60.3 Å². The Morgan fingerprint density at radius 3 is 1.13 bits per heavy atom. The molecule has 0 radical (unpaired) electrons. The summed E-state index contributed by atoms with van der Waals surface area (Å²) in [6.07, 6.45) is 4.45. The van der Waals surface area contributed by atoms with Crippen LogP contribution >= 0.6 is 0 Å². The summed E-state index contributed by atoms with van der Waals surface area (Å²) >= 11 is 0. The Balaban J connectivity index is -0.00000105. The smallest absolute Gasteiger partial charge is 0.398 e. The number of likely N-dealkylation sites (N-methyl/N-ethyl adjacent to an activating group) is 7. The zero-order valence-electron chi connectivity index (χ0n) is 63.3. The van der Waals surface area contributed by atoms with Crippen molar-refractivity contribution in [3.63, 3.8) is 0 Å². The molecular weight excluding hydrogens is 1240 g/mol. The van der Waals surface area contributed by atoms with Gasteiger partial charge in [0.15, 0.2) is 0 Å². The van der Waals surface area contributed by atoms with E-state index in [1.165, 1.54) is 32.7 Å². The quantitative estimate of drug-likeness (QED) is 0.0653. The third-order valence-corrected chi connectivity index (χ3v) is 34.6. The molecule has 0 N–H and O–H groups in total. The molecule has 0 amide bonds. The first-order valence-electron chi connectivity index (χ1n) is 32.9. The van der Waals surface area contributed by atoms with Gasteiger partial charge in [-0.25, -0.2) is 0 Å². The number of piperazine rings is 1. The summed E-state index contributed by atoms with van der Waals surface area (Å²) in [6.45, 7) is 38.5. The van der Waals surface area contributed by atoms with Crippen molar-refractivity contribution in [3.05, 3.63) is 0 Å². The predicted octanol–water partition coefficient (Wildman–Crippen LogP) is 6.00. The van der Waals surface area contributed by atoms with E-state index in [-0.39, 0.29) is 5.79 Å². The number of hydrogen-bond donors (Lipinski definition) is 0. The van der Waals surface area contributed by atoms with E-state index in [2.05, 4.69) is 153 Å². The Morgan fingerprint density at radius 1 is 0.382 bits per heavy atom. The maximum Gasteiger partial charge on any atom is 0.533 e. The van der Waals surface area contributed by atoms with Crippen LogP contribution in [0.5, 0.6) is 0 Å². The van der Waals surface area contributed by atoms with Crippen LogP contribution in [0.4, 0.5) is 0 Å². The molecule has 24 nitrogen and oxygen atoms in total. The zero-order chi connectivity index (χ0) is 68.8. The van der Waals surface area contributed by atoms with E-state index in [1.807, 2.05) is 20.8 Å². The van der Waals surface area contributed by atoms with Crippen LogP contribution in [0.25, 0.3) is 0 Å². The molecule has 0 aliphatic carbocycles. The Kier molecular flexibility index (Phi) is 56.1. The number of nitrogens with zero attached hydrogens (tertiary/aromatic N) is 10. The van der Waals surface area contributed by atoms with Crippen molar-refractivity contribution in [1.29, 1.82) is 0 Å². The molecule has 0 unspecified atom stereocenters. The first-order valence-corrected chi connectivity index (χ1v) is 46.2. The van der Waals surface area contributed by atoms with Crippen LogP contribution in [0.2, 0.25) is 49.9 Å². The monoisotopic (exact) mass is 1390 g/mol. The molecule has 89 heavy (non-hydrogen) atoms. The Hall–Kier alpha value is 0.341. The van der Waals surface area contributed by atoms with Crippen molar-refractivity contribution in [2.45, 2.75) is 116 Å². The molecule has 540 valence electrons. The average molecular weight is 1390 g/mol. The second-order valence-electron chi connectivity index (χ2n) is 24.6. The molecule has 2 rings (SSSR count). The highest BCUT2D eigenvalue weighted by Gasteiger charge is 2.54. The second kappa shape index (κ2) is 53.4. The van der Waals surface area contributed by atoms with Crippen LogP contribution in [-0.2, 0) is 62.0 Å². The van der Waals surface area contributed by atoms with Crippen molar-refractivity contribution < 1.29 is 62.0 Å². The molecule has 0 saturated carbocycles. The van der Waals surface area contributed by atoms with Gasteiger partial charge in [-0.2, -0.15) is 0 Å². The van der Waals surface area contributed by atoms with Gasteiger partial charge in [-0.3, -0.25) is 9.80 Å². The van der Waals surface area contributed by atoms with Gasteiger partial charge in [0.2, 0.25) is 0 Å². The third-order valence-electron chi connectivity index (χ3n) is 16.5. The Labute approximate surface area is 555 Å². The van der Waals surface area contributed by atoms with Crippen LogP contribution in [0.15, 0.2) is 0 Å². The van der Waals surface area contributed by atoms with Crippen molar-refractivity contribution in [2.24, 2.45) is 0 Å². The highest BCUT2D eigenvalue weighted by Crippen LogP contribution is 2.25. The summed E-state index contributed by atoms with van der Waals surface area (Å²) in [5.74, 6) is 0.127. The van der Waals surface area contributed by atoms with Gasteiger partial charge in [0.1, 0.15) is 14.0 Å². The molecule has 0 aromatic heterocycles. The lowest BCUT2D eigenvalue weighted by Gasteiger charge is -2.36. The average Bonchev–Trinajstić information content (AvgIpc) is 1.95. The fourth-order valence-electron chi connectivity index (χ4n) is 10.6. The van der Waals surface area contributed by atoms with Crippen LogP contribution in [0, 0.1) is 0 Å². The molecule has 0 aromatic rings. The van der Waals surface area contributed by atoms with Gasteiger partial charge in [0, 0.05) is 188 Å². The summed E-state index contributed by atoms with van der Waals surface area (Å²) in [6, 6.07) is 4.80. The zero-order valence-corrected chi connectivity index (χ0v) is 69.3. The SMILES string of the molecule is CCN(CCC[Si](OC)(OC)OC)CCN(CC)[Si](C)(C)C.CCO[Si](CCCN1CCN(C)CC1)(OCC)OCC.CO[Si](CCCN(C)C)(CCCN(C)C)OC.CO[Si](CCN(C)CCN(C)C)(OC)OC.CO[Si](OC)(OC)C1N(C)CCN1C.